The summed E-state index contributed by atoms with van der Waals surface area (Å²) in [5, 5.41) is 13.5. The van der Waals surface area contributed by atoms with Crippen molar-refractivity contribution in [3.05, 3.63) is 27.9 Å². The summed E-state index contributed by atoms with van der Waals surface area (Å²) in [6.07, 6.45) is 1.84. The lowest BCUT2D eigenvalue weighted by Gasteiger charge is -2.12. The molecule has 1 aliphatic rings. The molecule has 11 heteroatoms. The summed E-state index contributed by atoms with van der Waals surface area (Å²) in [6.45, 7) is 0.463. The number of aromatic amines is 1. The van der Waals surface area contributed by atoms with Gasteiger partial charge >= 0.3 is 6.03 Å². The van der Waals surface area contributed by atoms with Gasteiger partial charge in [-0.25, -0.2) is 4.79 Å². The second-order valence-corrected chi connectivity index (χ2v) is 6.25. The van der Waals surface area contributed by atoms with E-state index >= 15 is 0 Å². The summed E-state index contributed by atoms with van der Waals surface area (Å²) < 4.78 is 5.23. The number of hydrogen-bond donors (Lipinski definition) is 4. The number of amides is 3. The summed E-state index contributed by atoms with van der Waals surface area (Å²) >= 11 is 1.21. The second kappa shape index (κ2) is 9.15. The molecule has 1 aliphatic carbocycles. The van der Waals surface area contributed by atoms with Crippen LogP contribution in [-0.4, -0.2) is 66.9 Å². The van der Waals surface area contributed by atoms with Crippen LogP contribution in [0.15, 0.2) is 11.0 Å². The Balaban J connectivity index is 1.87. The van der Waals surface area contributed by atoms with Gasteiger partial charge in [-0.2, -0.15) is 5.10 Å². The molecule has 0 spiro atoms. The molecule has 0 saturated carbocycles. The molecule has 0 aromatic carbocycles. The largest absolute Gasteiger partial charge is 0.361 e. The molecule has 10 nitrogen and oxygen atoms in total. The number of rotatable bonds is 8. The maximum Gasteiger partial charge on any atom is 0.316 e. The molecule has 3 amide bonds. The number of aromatic nitrogens is 2. The highest BCUT2D eigenvalue weighted by Crippen LogP contribution is 2.29. The zero-order chi connectivity index (χ0) is 19.1. The van der Waals surface area contributed by atoms with Crippen LogP contribution in [0.25, 0.3) is 0 Å². The number of ketones is 2. The molecule has 1 aromatic heterocycles. The zero-order valence-corrected chi connectivity index (χ0v) is 15.1. The van der Waals surface area contributed by atoms with Crippen LogP contribution in [0.1, 0.15) is 37.8 Å². The van der Waals surface area contributed by atoms with Crippen LogP contribution in [0, 0.1) is 0 Å². The first-order valence-electron chi connectivity index (χ1n) is 7.76. The Kier molecular flexibility index (Phi) is 6.92. The van der Waals surface area contributed by atoms with Crippen molar-refractivity contribution in [2.45, 2.75) is 6.42 Å². The second-order valence-electron chi connectivity index (χ2n) is 5.11. The molecule has 0 saturated heterocycles. The van der Waals surface area contributed by atoms with Crippen LogP contribution in [0.5, 0.6) is 0 Å². The van der Waals surface area contributed by atoms with Crippen LogP contribution in [0.3, 0.4) is 0 Å². The monoisotopic (exact) mass is 381 g/mol. The lowest BCUT2D eigenvalue weighted by molar-refractivity contribution is 0.0945. The van der Waals surface area contributed by atoms with Gasteiger partial charge in [0.15, 0.2) is 0 Å². The highest BCUT2D eigenvalue weighted by molar-refractivity contribution is 8.04. The SMILES string of the molecule is CNC(=O)NCOCCCSC1=CC(=O)c2n[nH]c(C(=O)NC)c2C1=O. The van der Waals surface area contributed by atoms with Crippen molar-refractivity contribution in [1.82, 2.24) is 26.1 Å². The van der Waals surface area contributed by atoms with Crippen molar-refractivity contribution in [2.24, 2.45) is 0 Å². The molecule has 0 fully saturated rings. The number of allylic oxidation sites excluding steroid dienone is 2. The van der Waals surface area contributed by atoms with Gasteiger partial charge in [0.05, 0.1) is 10.5 Å². The number of thioether (sulfide) groups is 1. The molecule has 4 N–H and O–H groups in total. The number of nitrogens with one attached hydrogen (secondary N) is 4. The van der Waals surface area contributed by atoms with E-state index in [0.29, 0.717) is 18.8 Å². The third-order valence-electron chi connectivity index (χ3n) is 3.42. The standard InChI is InChI=1S/C15H19N5O5S/c1-16-14(23)12-10-11(19-20-12)8(21)6-9(13(10)22)26-5-3-4-25-7-18-15(24)17-2/h6H,3-5,7H2,1-2H3,(H,16,23)(H,19,20)(H2,17,18,24). The van der Waals surface area contributed by atoms with Crippen molar-refractivity contribution in [2.75, 3.05) is 33.2 Å². The molecule has 140 valence electrons. The van der Waals surface area contributed by atoms with Gasteiger partial charge in [0.2, 0.25) is 11.6 Å². The number of nitrogens with zero attached hydrogens (tertiary/aromatic N) is 1. The number of H-pyrrole nitrogens is 1. The van der Waals surface area contributed by atoms with E-state index < -0.39 is 17.5 Å². The smallest absolute Gasteiger partial charge is 0.316 e. The fourth-order valence-corrected chi connectivity index (χ4v) is 3.04. The van der Waals surface area contributed by atoms with Gasteiger partial charge in [-0.3, -0.25) is 19.5 Å². The van der Waals surface area contributed by atoms with E-state index in [2.05, 4.69) is 26.1 Å². The van der Waals surface area contributed by atoms with Crippen LogP contribution >= 0.6 is 11.8 Å². The van der Waals surface area contributed by atoms with E-state index in [1.807, 2.05) is 0 Å². The van der Waals surface area contributed by atoms with Crippen molar-refractivity contribution in [3.8, 4) is 0 Å². The highest BCUT2D eigenvalue weighted by Gasteiger charge is 2.33. The third kappa shape index (κ3) is 4.49. The minimum Gasteiger partial charge on any atom is -0.361 e. The predicted molar refractivity (Wildman–Crippen MR) is 94.2 cm³/mol. The Bertz CT molecular complexity index is 758. The Morgan fingerprint density at radius 1 is 1.27 bits per heavy atom. The maximum atomic E-state index is 12.6. The molecule has 2 rings (SSSR count). The summed E-state index contributed by atoms with van der Waals surface area (Å²) in [6, 6.07) is -0.335. The number of Topliss-reactive ketones (excluding diaryl/α,β-unsaturated/α-hetero) is 1. The molecule has 0 aliphatic heterocycles. The van der Waals surface area contributed by atoms with Gasteiger partial charge in [0.1, 0.15) is 18.1 Å². The van der Waals surface area contributed by atoms with E-state index in [-0.39, 0.29) is 34.6 Å². The lowest BCUT2D eigenvalue weighted by Crippen LogP contribution is -2.34. The number of ether oxygens (including phenoxy) is 1. The number of carbonyl (C=O) groups is 4. The molecule has 26 heavy (non-hydrogen) atoms. The summed E-state index contributed by atoms with van der Waals surface area (Å²) in [5.41, 5.74) is -0.0532. The minimum absolute atomic E-state index is 0.00498. The van der Waals surface area contributed by atoms with E-state index in [9.17, 15) is 19.2 Å². The molecule has 0 bridgehead atoms. The van der Waals surface area contributed by atoms with E-state index in [4.69, 9.17) is 4.74 Å². The number of carbonyl (C=O) groups excluding carboxylic acids is 4. The van der Waals surface area contributed by atoms with Crippen molar-refractivity contribution >= 4 is 35.3 Å². The molecule has 0 unspecified atom stereocenters. The minimum atomic E-state index is -0.511. The van der Waals surface area contributed by atoms with E-state index in [1.165, 1.54) is 31.9 Å². The molecule has 0 atom stereocenters. The molecule has 1 aromatic rings. The Morgan fingerprint density at radius 2 is 2.04 bits per heavy atom. The van der Waals surface area contributed by atoms with E-state index in [1.54, 1.807) is 0 Å². The highest BCUT2D eigenvalue weighted by atomic mass is 32.2. The topological polar surface area (TPSA) is 142 Å². The Morgan fingerprint density at radius 3 is 2.73 bits per heavy atom. The fourth-order valence-electron chi connectivity index (χ4n) is 2.13. The van der Waals surface area contributed by atoms with Crippen molar-refractivity contribution in [1.29, 1.82) is 0 Å². The van der Waals surface area contributed by atoms with Gasteiger partial charge in [0.25, 0.3) is 5.91 Å². The number of hydrogen-bond acceptors (Lipinski definition) is 7. The first-order valence-corrected chi connectivity index (χ1v) is 8.75. The number of urea groups is 1. The lowest BCUT2D eigenvalue weighted by atomic mass is 9.99. The number of fused-ring (bicyclic) bond motifs is 1. The molecule has 1 heterocycles. The van der Waals surface area contributed by atoms with Crippen LogP contribution in [0.2, 0.25) is 0 Å². The maximum absolute atomic E-state index is 12.6. The summed E-state index contributed by atoms with van der Waals surface area (Å²) in [4.78, 5) is 47.7. The van der Waals surface area contributed by atoms with Gasteiger partial charge < -0.3 is 20.7 Å². The quantitative estimate of drug-likeness (QED) is 0.368. The predicted octanol–water partition coefficient (Wildman–Crippen LogP) is 0.0586. The zero-order valence-electron chi connectivity index (χ0n) is 14.3. The average Bonchev–Trinajstić information content (AvgIpc) is 3.09. The van der Waals surface area contributed by atoms with E-state index in [0.717, 1.165) is 0 Å². The Labute approximate surface area is 153 Å². The van der Waals surface area contributed by atoms with Gasteiger partial charge in [-0.05, 0) is 6.42 Å². The summed E-state index contributed by atoms with van der Waals surface area (Å²) in [7, 11) is 2.93. The molecular weight excluding hydrogens is 362 g/mol. The van der Waals surface area contributed by atoms with Crippen LogP contribution in [-0.2, 0) is 4.74 Å². The van der Waals surface area contributed by atoms with Crippen LogP contribution in [0.4, 0.5) is 4.79 Å². The summed E-state index contributed by atoms with van der Waals surface area (Å²) in [5.74, 6) is -0.797. The molecular formula is C15H19N5O5S. The first-order chi connectivity index (χ1) is 12.5. The van der Waals surface area contributed by atoms with Crippen molar-refractivity contribution in [3.63, 3.8) is 0 Å². The molecule has 0 radical (unpaired) electrons. The van der Waals surface area contributed by atoms with Gasteiger partial charge in [-0.1, -0.05) is 0 Å². The first kappa shape index (κ1) is 19.7. The normalized spacial score (nSPS) is 13.1. The third-order valence-corrected chi connectivity index (χ3v) is 4.53. The fraction of sp³-hybridized carbons (Fsp3) is 0.400. The van der Waals surface area contributed by atoms with Gasteiger partial charge in [0, 0.05) is 32.5 Å². The van der Waals surface area contributed by atoms with Crippen LogP contribution < -0.4 is 16.0 Å². The Hall–Kier alpha value is -2.66. The van der Waals surface area contributed by atoms with Gasteiger partial charge in [-0.15, -0.1) is 11.8 Å². The van der Waals surface area contributed by atoms with Crippen molar-refractivity contribution < 1.29 is 23.9 Å². The average molecular weight is 381 g/mol.